The van der Waals surface area contributed by atoms with Gasteiger partial charge in [-0.05, 0) is 31.7 Å². The van der Waals surface area contributed by atoms with E-state index in [9.17, 15) is 8.42 Å². The Balaban J connectivity index is 2.36. The van der Waals surface area contributed by atoms with Crippen LogP contribution in [0.1, 0.15) is 18.7 Å². The van der Waals surface area contributed by atoms with E-state index < -0.39 is 10.0 Å². The second-order valence-electron chi connectivity index (χ2n) is 3.32. The second-order valence-corrected chi connectivity index (χ2v) is 6.67. The van der Waals surface area contributed by atoms with E-state index in [4.69, 9.17) is 0 Å². The lowest BCUT2D eigenvalue weighted by Crippen LogP contribution is -2.32. The van der Waals surface area contributed by atoms with E-state index in [0.29, 0.717) is 6.54 Å². The summed E-state index contributed by atoms with van der Waals surface area (Å²) in [6, 6.07) is 3.98. The fraction of sp³-hybridized carbons (Fsp3) is 0.556. The molecule has 0 saturated carbocycles. The Morgan fingerprint density at radius 3 is 2.71 bits per heavy atom. The Morgan fingerprint density at radius 1 is 1.50 bits per heavy atom. The summed E-state index contributed by atoms with van der Waals surface area (Å²) < 4.78 is 25.3. The molecule has 0 atom stereocenters. The summed E-state index contributed by atoms with van der Waals surface area (Å²) >= 11 is 1.65. The van der Waals surface area contributed by atoms with Gasteiger partial charge in [-0.1, -0.05) is 6.07 Å². The molecule has 0 saturated heterocycles. The van der Waals surface area contributed by atoms with Gasteiger partial charge < -0.3 is 0 Å². The van der Waals surface area contributed by atoms with Crippen LogP contribution in [0.15, 0.2) is 17.5 Å². The molecule has 1 N–H and O–H groups in total. The fourth-order valence-corrected chi connectivity index (χ4v) is 2.37. The van der Waals surface area contributed by atoms with E-state index in [1.54, 1.807) is 25.2 Å². The Hall–Kier alpha value is -0.390. The van der Waals surface area contributed by atoms with E-state index in [1.165, 1.54) is 4.88 Å². The van der Waals surface area contributed by atoms with Gasteiger partial charge in [-0.2, -0.15) is 0 Å². The number of hydrogen-bond acceptors (Lipinski definition) is 3. The van der Waals surface area contributed by atoms with Crippen molar-refractivity contribution >= 4 is 21.4 Å². The fourth-order valence-electron chi connectivity index (χ4n) is 0.938. The van der Waals surface area contributed by atoms with E-state index in [2.05, 4.69) is 4.72 Å². The quantitative estimate of drug-likeness (QED) is 0.840. The third kappa shape index (κ3) is 3.40. The maximum atomic E-state index is 11.4. The van der Waals surface area contributed by atoms with Crippen molar-refractivity contribution in [2.24, 2.45) is 0 Å². The molecule has 0 spiro atoms. The van der Waals surface area contributed by atoms with Crippen molar-refractivity contribution in [1.82, 2.24) is 4.72 Å². The minimum Gasteiger partial charge on any atom is -0.215 e. The number of nitrogens with one attached hydrogen (secondary N) is 1. The van der Waals surface area contributed by atoms with Crippen molar-refractivity contribution in [2.45, 2.75) is 25.5 Å². The third-order valence-electron chi connectivity index (χ3n) is 1.88. The molecule has 3 nitrogen and oxygen atoms in total. The number of sulfonamides is 1. The average molecular weight is 233 g/mol. The first-order valence-electron chi connectivity index (χ1n) is 4.53. The van der Waals surface area contributed by atoms with Gasteiger partial charge in [0.25, 0.3) is 0 Å². The molecule has 5 heteroatoms. The summed E-state index contributed by atoms with van der Waals surface area (Å²) in [5, 5.41) is 1.64. The predicted molar refractivity (Wildman–Crippen MR) is 60.1 cm³/mol. The SMILES string of the molecule is CC(C)S(=O)(=O)NCCc1cccs1. The monoisotopic (exact) mass is 233 g/mol. The molecule has 14 heavy (non-hydrogen) atoms. The van der Waals surface area contributed by atoms with Crippen LogP contribution >= 0.6 is 11.3 Å². The van der Waals surface area contributed by atoms with Crippen LogP contribution in [0.3, 0.4) is 0 Å². The van der Waals surface area contributed by atoms with Crippen LogP contribution in [-0.2, 0) is 16.4 Å². The first-order valence-corrected chi connectivity index (χ1v) is 6.96. The maximum absolute atomic E-state index is 11.4. The molecular weight excluding hydrogens is 218 g/mol. The molecule has 1 rings (SSSR count). The molecule has 1 heterocycles. The Bertz CT molecular complexity index is 354. The van der Waals surface area contributed by atoms with Crippen LogP contribution < -0.4 is 4.72 Å². The van der Waals surface area contributed by atoms with Gasteiger partial charge in [0.2, 0.25) is 10.0 Å². The van der Waals surface area contributed by atoms with Gasteiger partial charge in [-0.25, -0.2) is 13.1 Å². The number of thiophene rings is 1. The molecule has 1 aromatic heterocycles. The Labute approximate surface area is 89.2 Å². The highest BCUT2D eigenvalue weighted by Gasteiger charge is 2.14. The average Bonchev–Trinajstić information content (AvgIpc) is 2.56. The third-order valence-corrected chi connectivity index (χ3v) is 4.66. The van der Waals surface area contributed by atoms with E-state index in [0.717, 1.165) is 6.42 Å². The molecule has 0 aromatic carbocycles. The second kappa shape index (κ2) is 4.91. The molecule has 80 valence electrons. The van der Waals surface area contributed by atoms with Crippen LogP contribution in [0.25, 0.3) is 0 Å². The van der Waals surface area contributed by atoms with Crippen LogP contribution in [0.5, 0.6) is 0 Å². The smallest absolute Gasteiger partial charge is 0.213 e. The molecular formula is C9H15NO2S2. The lowest BCUT2D eigenvalue weighted by molar-refractivity contribution is 0.572. The highest BCUT2D eigenvalue weighted by molar-refractivity contribution is 7.90. The van der Waals surface area contributed by atoms with Gasteiger partial charge in [-0.15, -0.1) is 11.3 Å². The van der Waals surface area contributed by atoms with Crippen molar-refractivity contribution in [3.8, 4) is 0 Å². The van der Waals surface area contributed by atoms with Crippen molar-refractivity contribution in [1.29, 1.82) is 0 Å². The number of hydrogen-bond donors (Lipinski definition) is 1. The molecule has 0 bridgehead atoms. The van der Waals surface area contributed by atoms with Crippen molar-refractivity contribution < 1.29 is 8.42 Å². The van der Waals surface area contributed by atoms with Gasteiger partial charge >= 0.3 is 0 Å². The maximum Gasteiger partial charge on any atom is 0.213 e. The molecule has 0 aliphatic heterocycles. The van der Waals surface area contributed by atoms with E-state index >= 15 is 0 Å². The highest BCUT2D eigenvalue weighted by Crippen LogP contribution is 2.08. The predicted octanol–water partition coefficient (Wildman–Crippen LogP) is 1.62. The summed E-state index contributed by atoms with van der Waals surface area (Å²) in [6.45, 7) is 3.84. The van der Waals surface area contributed by atoms with Gasteiger partial charge in [0, 0.05) is 11.4 Å². The first kappa shape index (κ1) is 11.7. The van der Waals surface area contributed by atoms with Crippen LogP contribution in [-0.4, -0.2) is 20.2 Å². The molecule has 1 aromatic rings. The van der Waals surface area contributed by atoms with Crippen molar-refractivity contribution in [3.63, 3.8) is 0 Å². The minimum atomic E-state index is -3.10. The van der Waals surface area contributed by atoms with Gasteiger partial charge in [0.05, 0.1) is 5.25 Å². The molecule has 0 unspecified atom stereocenters. The van der Waals surface area contributed by atoms with Crippen molar-refractivity contribution in [3.05, 3.63) is 22.4 Å². The standard InChI is InChI=1S/C9H15NO2S2/c1-8(2)14(11,12)10-6-5-9-4-3-7-13-9/h3-4,7-8,10H,5-6H2,1-2H3. The first-order chi connectivity index (χ1) is 6.52. The Kier molecular flexibility index (Phi) is 4.10. The van der Waals surface area contributed by atoms with E-state index in [-0.39, 0.29) is 5.25 Å². The minimum absolute atomic E-state index is 0.356. The normalized spacial score (nSPS) is 12.2. The zero-order valence-electron chi connectivity index (χ0n) is 8.36. The Morgan fingerprint density at radius 2 is 2.21 bits per heavy atom. The topological polar surface area (TPSA) is 46.2 Å². The summed E-state index contributed by atoms with van der Waals surface area (Å²) in [4.78, 5) is 1.21. The van der Waals surface area contributed by atoms with Gasteiger partial charge in [0.1, 0.15) is 0 Å². The molecule has 0 amide bonds. The van der Waals surface area contributed by atoms with Crippen molar-refractivity contribution in [2.75, 3.05) is 6.54 Å². The zero-order chi connectivity index (χ0) is 10.6. The number of rotatable bonds is 5. The molecule has 0 fully saturated rings. The largest absolute Gasteiger partial charge is 0.215 e. The molecule has 0 aliphatic carbocycles. The zero-order valence-corrected chi connectivity index (χ0v) is 9.99. The summed E-state index contributed by atoms with van der Waals surface area (Å²) in [6.07, 6.45) is 0.767. The molecule has 0 aliphatic rings. The van der Waals surface area contributed by atoms with E-state index in [1.807, 2.05) is 17.5 Å². The van der Waals surface area contributed by atoms with Crippen LogP contribution in [0.4, 0.5) is 0 Å². The van der Waals surface area contributed by atoms with Gasteiger partial charge in [-0.3, -0.25) is 0 Å². The van der Waals surface area contributed by atoms with Gasteiger partial charge in [0.15, 0.2) is 0 Å². The lowest BCUT2D eigenvalue weighted by Gasteiger charge is -2.08. The van der Waals surface area contributed by atoms with Crippen LogP contribution in [0.2, 0.25) is 0 Å². The highest BCUT2D eigenvalue weighted by atomic mass is 32.2. The molecule has 0 radical (unpaired) electrons. The summed E-state index contributed by atoms with van der Waals surface area (Å²) in [5.41, 5.74) is 0. The summed E-state index contributed by atoms with van der Waals surface area (Å²) in [7, 11) is -3.10. The summed E-state index contributed by atoms with van der Waals surface area (Å²) in [5.74, 6) is 0. The van der Waals surface area contributed by atoms with Crippen LogP contribution in [0, 0.1) is 0 Å². The lowest BCUT2D eigenvalue weighted by atomic mass is 10.3.